The monoisotopic (exact) mass is 246 g/mol. The van der Waals surface area contributed by atoms with Crippen LogP contribution >= 0.6 is 22.7 Å². The Labute approximate surface area is 102 Å². The van der Waals surface area contributed by atoms with E-state index < -0.39 is 0 Å². The molecule has 3 heterocycles. The van der Waals surface area contributed by atoms with Gasteiger partial charge in [-0.3, -0.25) is 0 Å². The van der Waals surface area contributed by atoms with Crippen molar-refractivity contribution in [2.45, 2.75) is 6.92 Å². The highest BCUT2D eigenvalue weighted by Crippen LogP contribution is 2.30. The fraction of sp³-hybridized carbons (Fsp3) is 0.0833. The number of aryl methyl sites for hydroxylation is 1. The van der Waals surface area contributed by atoms with E-state index in [1.807, 2.05) is 6.07 Å². The molecule has 0 fully saturated rings. The molecule has 0 aromatic carbocycles. The lowest BCUT2D eigenvalue weighted by atomic mass is 10.3. The number of imidazole rings is 1. The zero-order valence-corrected chi connectivity index (χ0v) is 10.4. The van der Waals surface area contributed by atoms with Crippen LogP contribution in [0.4, 0.5) is 0 Å². The number of hydrogen-bond acceptors (Lipinski definition) is 3. The lowest BCUT2D eigenvalue weighted by molar-refractivity contribution is 1.27. The summed E-state index contributed by atoms with van der Waals surface area (Å²) in [6, 6.07) is 8.29. The molecule has 0 aliphatic heterocycles. The third kappa shape index (κ3) is 1.60. The summed E-state index contributed by atoms with van der Waals surface area (Å²) in [5, 5.41) is 4.15. The first kappa shape index (κ1) is 9.81. The number of aromatic nitrogens is 2. The Morgan fingerprint density at radius 2 is 1.75 bits per heavy atom. The van der Waals surface area contributed by atoms with E-state index in [1.165, 1.54) is 9.75 Å². The van der Waals surface area contributed by atoms with E-state index in [9.17, 15) is 0 Å². The van der Waals surface area contributed by atoms with E-state index in [2.05, 4.69) is 45.9 Å². The van der Waals surface area contributed by atoms with Gasteiger partial charge in [-0.2, -0.15) is 0 Å². The average molecular weight is 246 g/mol. The van der Waals surface area contributed by atoms with E-state index in [0.717, 1.165) is 17.2 Å². The van der Waals surface area contributed by atoms with Gasteiger partial charge < -0.3 is 4.98 Å². The molecule has 0 aliphatic rings. The normalized spacial score (nSPS) is 10.8. The van der Waals surface area contributed by atoms with Crippen LogP contribution in [0.5, 0.6) is 0 Å². The molecular formula is C12H10N2S2. The molecule has 1 N–H and O–H groups in total. The molecule has 0 amide bonds. The van der Waals surface area contributed by atoms with Gasteiger partial charge in [0.15, 0.2) is 0 Å². The van der Waals surface area contributed by atoms with Gasteiger partial charge in [0.1, 0.15) is 11.5 Å². The minimum absolute atomic E-state index is 0.968. The van der Waals surface area contributed by atoms with E-state index in [4.69, 9.17) is 0 Å². The highest BCUT2D eigenvalue weighted by Gasteiger charge is 2.11. The average Bonchev–Trinajstić information content (AvgIpc) is 2.97. The van der Waals surface area contributed by atoms with Crippen LogP contribution in [0.3, 0.4) is 0 Å². The van der Waals surface area contributed by atoms with Crippen molar-refractivity contribution in [3.8, 4) is 21.3 Å². The Hall–Kier alpha value is -1.39. The van der Waals surface area contributed by atoms with Crippen molar-refractivity contribution in [1.29, 1.82) is 0 Å². The summed E-state index contributed by atoms with van der Waals surface area (Å²) in [4.78, 5) is 10.4. The molecule has 0 atom stereocenters. The van der Waals surface area contributed by atoms with Gasteiger partial charge in [0.05, 0.1) is 9.75 Å². The van der Waals surface area contributed by atoms with Crippen LogP contribution in [-0.2, 0) is 0 Å². The van der Waals surface area contributed by atoms with E-state index in [0.29, 0.717) is 0 Å². The fourth-order valence-corrected chi connectivity index (χ4v) is 3.08. The van der Waals surface area contributed by atoms with Gasteiger partial charge in [-0.1, -0.05) is 12.1 Å². The van der Waals surface area contributed by atoms with Crippen molar-refractivity contribution < 1.29 is 0 Å². The lowest BCUT2D eigenvalue weighted by Crippen LogP contribution is -1.75. The van der Waals surface area contributed by atoms with Gasteiger partial charge in [0.25, 0.3) is 0 Å². The van der Waals surface area contributed by atoms with Crippen LogP contribution < -0.4 is 0 Å². The van der Waals surface area contributed by atoms with Crippen LogP contribution in [0, 0.1) is 6.92 Å². The van der Waals surface area contributed by atoms with Crippen LogP contribution in [0.2, 0.25) is 0 Å². The van der Waals surface area contributed by atoms with Gasteiger partial charge in [0, 0.05) is 5.69 Å². The number of nitrogens with one attached hydrogen (secondary N) is 1. The molecule has 0 bridgehead atoms. The van der Waals surface area contributed by atoms with Gasteiger partial charge in [-0.25, -0.2) is 4.98 Å². The van der Waals surface area contributed by atoms with Crippen molar-refractivity contribution in [3.05, 3.63) is 40.7 Å². The Balaban J connectivity index is 2.09. The van der Waals surface area contributed by atoms with Gasteiger partial charge in [-0.15, -0.1) is 22.7 Å². The van der Waals surface area contributed by atoms with E-state index in [1.54, 1.807) is 22.7 Å². The number of hydrogen-bond donors (Lipinski definition) is 1. The second-order valence-electron chi connectivity index (χ2n) is 3.51. The highest BCUT2D eigenvalue weighted by molar-refractivity contribution is 7.13. The van der Waals surface area contributed by atoms with Gasteiger partial charge in [0.2, 0.25) is 0 Å². The first-order valence-electron chi connectivity index (χ1n) is 4.99. The molecule has 0 saturated heterocycles. The summed E-state index contributed by atoms with van der Waals surface area (Å²) in [6.07, 6.45) is 0. The van der Waals surface area contributed by atoms with Crippen molar-refractivity contribution in [2.24, 2.45) is 0 Å². The second-order valence-corrected chi connectivity index (χ2v) is 5.41. The summed E-state index contributed by atoms with van der Waals surface area (Å²) in [5.41, 5.74) is 2.20. The number of thiophene rings is 2. The largest absolute Gasteiger partial charge is 0.341 e. The molecule has 4 heteroatoms. The van der Waals surface area contributed by atoms with Crippen LogP contribution in [0.1, 0.15) is 5.69 Å². The predicted molar refractivity (Wildman–Crippen MR) is 70.0 cm³/mol. The summed E-state index contributed by atoms with van der Waals surface area (Å²) in [5.74, 6) is 0.968. The predicted octanol–water partition coefficient (Wildman–Crippen LogP) is 4.18. The van der Waals surface area contributed by atoms with Crippen molar-refractivity contribution in [2.75, 3.05) is 0 Å². The first-order valence-corrected chi connectivity index (χ1v) is 6.75. The molecule has 0 spiro atoms. The lowest BCUT2D eigenvalue weighted by Gasteiger charge is -1.90. The summed E-state index contributed by atoms with van der Waals surface area (Å²) in [7, 11) is 0. The Morgan fingerprint density at radius 3 is 2.38 bits per heavy atom. The molecule has 2 nitrogen and oxygen atoms in total. The minimum atomic E-state index is 0.968. The summed E-state index contributed by atoms with van der Waals surface area (Å²) in [6.45, 7) is 2.07. The zero-order chi connectivity index (χ0) is 11.0. The van der Waals surface area contributed by atoms with Crippen molar-refractivity contribution in [1.82, 2.24) is 9.97 Å². The molecule has 0 saturated carbocycles. The zero-order valence-electron chi connectivity index (χ0n) is 8.73. The molecule has 80 valence electrons. The quantitative estimate of drug-likeness (QED) is 0.722. The van der Waals surface area contributed by atoms with Crippen LogP contribution in [0.15, 0.2) is 35.0 Å². The molecular weight excluding hydrogens is 236 g/mol. The molecule has 0 aliphatic carbocycles. The second kappa shape index (κ2) is 3.88. The van der Waals surface area contributed by atoms with Crippen molar-refractivity contribution >= 4 is 22.7 Å². The number of aromatic amines is 1. The number of H-pyrrole nitrogens is 1. The molecule has 3 rings (SSSR count). The SMILES string of the molecule is Cc1[nH]c(-c2cccs2)nc1-c1cccs1. The minimum Gasteiger partial charge on any atom is -0.341 e. The Bertz CT molecular complexity index is 577. The van der Waals surface area contributed by atoms with Crippen LogP contribution in [0.25, 0.3) is 21.3 Å². The first-order chi connectivity index (χ1) is 7.84. The van der Waals surface area contributed by atoms with Crippen LogP contribution in [-0.4, -0.2) is 9.97 Å². The van der Waals surface area contributed by atoms with Crippen molar-refractivity contribution in [3.63, 3.8) is 0 Å². The molecule has 3 aromatic heterocycles. The third-order valence-electron chi connectivity index (χ3n) is 2.39. The number of rotatable bonds is 2. The van der Waals surface area contributed by atoms with Gasteiger partial charge in [-0.05, 0) is 29.8 Å². The number of nitrogens with zero attached hydrogens (tertiary/aromatic N) is 1. The Kier molecular flexibility index (Phi) is 2.38. The summed E-state index contributed by atoms with van der Waals surface area (Å²) >= 11 is 3.43. The van der Waals surface area contributed by atoms with Gasteiger partial charge >= 0.3 is 0 Å². The maximum absolute atomic E-state index is 4.66. The standard InChI is InChI=1S/C12H10N2S2/c1-8-11(9-4-2-6-15-9)14-12(13-8)10-5-3-7-16-10/h2-7H,1H3,(H,13,14). The topological polar surface area (TPSA) is 28.7 Å². The summed E-state index contributed by atoms with van der Waals surface area (Å²) < 4.78 is 0. The smallest absolute Gasteiger partial charge is 0.148 e. The maximum Gasteiger partial charge on any atom is 0.148 e. The molecule has 0 radical (unpaired) electrons. The third-order valence-corrected chi connectivity index (χ3v) is 4.15. The maximum atomic E-state index is 4.66. The fourth-order valence-electron chi connectivity index (χ4n) is 1.64. The molecule has 3 aromatic rings. The molecule has 0 unspecified atom stereocenters. The highest BCUT2D eigenvalue weighted by atomic mass is 32.1. The molecule has 16 heavy (non-hydrogen) atoms. The Morgan fingerprint density at radius 1 is 1.06 bits per heavy atom. The van der Waals surface area contributed by atoms with E-state index >= 15 is 0 Å². The van der Waals surface area contributed by atoms with E-state index in [-0.39, 0.29) is 0 Å².